The molecule has 2 saturated heterocycles. The average molecular weight is 498 g/mol. The van der Waals surface area contributed by atoms with Crippen LogP contribution >= 0.6 is 62.0 Å². The molecule has 0 saturated carbocycles. The van der Waals surface area contributed by atoms with Gasteiger partial charge in [0.1, 0.15) is 0 Å². The number of carbonyl (C=O) groups excluding carboxylic acids is 1. The minimum Gasteiger partial charge on any atom is -0.339 e. The van der Waals surface area contributed by atoms with Gasteiger partial charge in [0.25, 0.3) is 5.91 Å². The van der Waals surface area contributed by atoms with Crippen molar-refractivity contribution in [3.8, 4) is 0 Å². The van der Waals surface area contributed by atoms with E-state index in [1.165, 1.54) is 17.9 Å². The molecule has 0 radical (unpaired) electrons. The Morgan fingerprint density at radius 3 is 2.76 bits per heavy atom. The zero-order valence-corrected chi connectivity index (χ0v) is 17.0. The van der Waals surface area contributed by atoms with Crippen molar-refractivity contribution in [3.05, 3.63) is 31.8 Å². The van der Waals surface area contributed by atoms with Gasteiger partial charge in [0.15, 0.2) is 0 Å². The molecule has 0 aliphatic carbocycles. The van der Waals surface area contributed by atoms with Gasteiger partial charge in [-0.15, -0.1) is 23.5 Å². The van der Waals surface area contributed by atoms with Crippen LogP contribution in [0.2, 0.25) is 0 Å². The summed E-state index contributed by atoms with van der Waals surface area (Å²) in [5, 5.41) is 0. The Hall–Kier alpha value is 0.600. The van der Waals surface area contributed by atoms with Gasteiger partial charge in [-0.3, -0.25) is 4.79 Å². The highest BCUT2D eigenvalue weighted by molar-refractivity contribution is 14.1. The molecule has 2 nitrogen and oxygen atoms in total. The molecule has 0 N–H and O–H groups in total. The van der Waals surface area contributed by atoms with Crippen LogP contribution in [0.15, 0.2) is 22.7 Å². The normalized spacial score (nSPS) is 21.5. The van der Waals surface area contributed by atoms with Gasteiger partial charge in [0, 0.05) is 32.6 Å². The Morgan fingerprint density at radius 1 is 1.24 bits per heavy atom. The van der Waals surface area contributed by atoms with Crippen LogP contribution in [0.4, 0.5) is 0 Å². The van der Waals surface area contributed by atoms with Gasteiger partial charge in [-0.25, -0.2) is 0 Å². The molecule has 2 heterocycles. The van der Waals surface area contributed by atoms with Crippen molar-refractivity contribution < 1.29 is 4.79 Å². The van der Waals surface area contributed by atoms with E-state index in [2.05, 4.69) is 62.0 Å². The standard InChI is InChI=1S/C15H17BrINOS2/c16-13-11(3-1-4-12(13)17)14(19)18-7-2-5-15(6-8-18)20-9-10-21-15/h1,3-4H,2,5-10H2. The zero-order chi connectivity index (χ0) is 14.9. The van der Waals surface area contributed by atoms with Crippen LogP contribution in [0.3, 0.4) is 0 Å². The minimum absolute atomic E-state index is 0.172. The first-order valence-electron chi connectivity index (χ1n) is 7.12. The summed E-state index contributed by atoms with van der Waals surface area (Å²) in [4.78, 5) is 14.9. The van der Waals surface area contributed by atoms with Gasteiger partial charge in [-0.1, -0.05) is 6.07 Å². The third-order valence-electron chi connectivity index (χ3n) is 4.03. The van der Waals surface area contributed by atoms with Crippen LogP contribution < -0.4 is 0 Å². The molecular formula is C15H17BrINOS2. The van der Waals surface area contributed by atoms with E-state index in [1.807, 2.05) is 23.1 Å². The number of thioether (sulfide) groups is 2. The van der Waals surface area contributed by atoms with Crippen LogP contribution in [0.25, 0.3) is 0 Å². The second kappa shape index (κ2) is 7.01. The fraction of sp³-hybridized carbons (Fsp3) is 0.533. The minimum atomic E-state index is 0.172. The lowest BCUT2D eigenvalue weighted by Crippen LogP contribution is -2.33. The maximum absolute atomic E-state index is 12.8. The average Bonchev–Trinajstić information content (AvgIpc) is 2.83. The number of carbonyl (C=O) groups is 1. The van der Waals surface area contributed by atoms with E-state index in [0.29, 0.717) is 4.08 Å². The molecule has 1 amide bonds. The van der Waals surface area contributed by atoms with Crippen molar-refractivity contribution in [2.75, 3.05) is 24.6 Å². The summed E-state index contributed by atoms with van der Waals surface area (Å²) in [6.45, 7) is 1.77. The second-order valence-electron chi connectivity index (χ2n) is 5.35. The molecule has 0 unspecified atom stereocenters. The van der Waals surface area contributed by atoms with E-state index < -0.39 is 0 Å². The Kier molecular flexibility index (Phi) is 5.49. The van der Waals surface area contributed by atoms with Crippen molar-refractivity contribution >= 4 is 68.0 Å². The highest BCUT2D eigenvalue weighted by Crippen LogP contribution is 2.50. The number of rotatable bonds is 1. The van der Waals surface area contributed by atoms with Gasteiger partial charge >= 0.3 is 0 Å². The smallest absolute Gasteiger partial charge is 0.255 e. The topological polar surface area (TPSA) is 20.3 Å². The fourth-order valence-electron chi connectivity index (χ4n) is 2.91. The van der Waals surface area contributed by atoms with Crippen LogP contribution in [-0.4, -0.2) is 39.5 Å². The quantitative estimate of drug-likeness (QED) is 0.517. The number of nitrogens with zero attached hydrogens (tertiary/aromatic N) is 1. The SMILES string of the molecule is O=C(c1cccc(I)c1Br)N1CCCC2(CC1)SCCS2. The molecule has 2 fully saturated rings. The molecule has 21 heavy (non-hydrogen) atoms. The Balaban J connectivity index is 1.75. The van der Waals surface area contributed by atoms with Gasteiger partial charge in [-0.2, -0.15) is 0 Å². The summed E-state index contributed by atoms with van der Waals surface area (Å²) >= 11 is 10.0. The summed E-state index contributed by atoms with van der Waals surface area (Å²) in [5.74, 6) is 2.70. The summed E-state index contributed by atoms with van der Waals surface area (Å²) in [6.07, 6.45) is 3.47. The van der Waals surface area contributed by atoms with Crippen molar-refractivity contribution in [2.24, 2.45) is 0 Å². The van der Waals surface area contributed by atoms with Crippen LogP contribution in [0.5, 0.6) is 0 Å². The zero-order valence-electron chi connectivity index (χ0n) is 11.6. The molecule has 0 aromatic heterocycles. The van der Waals surface area contributed by atoms with E-state index >= 15 is 0 Å². The predicted molar refractivity (Wildman–Crippen MR) is 104 cm³/mol. The van der Waals surface area contributed by atoms with Gasteiger partial charge in [0.05, 0.1) is 9.64 Å². The van der Waals surface area contributed by atoms with E-state index in [-0.39, 0.29) is 5.91 Å². The van der Waals surface area contributed by atoms with Crippen LogP contribution in [0, 0.1) is 3.57 Å². The Labute approximate surface area is 156 Å². The third kappa shape index (κ3) is 3.58. The molecule has 6 heteroatoms. The maximum Gasteiger partial charge on any atom is 0.255 e. The van der Waals surface area contributed by atoms with Crippen molar-refractivity contribution in [1.29, 1.82) is 0 Å². The highest BCUT2D eigenvalue weighted by atomic mass is 127. The third-order valence-corrected chi connectivity index (χ3v) is 10.2. The molecule has 1 aromatic rings. The summed E-state index contributed by atoms with van der Waals surface area (Å²) in [5.41, 5.74) is 0.796. The number of hydrogen-bond acceptors (Lipinski definition) is 3. The second-order valence-corrected chi connectivity index (χ2v) is 10.5. The lowest BCUT2D eigenvalue weighted by Gasteiger charge is -2.26. The highest BCUT2D eigenvalue weighted by Gasteiger charge is 2.37. The number of benzene rings is 1. The van der Waals surface area contributed by atoms with E-state index in [1.54, 1.807) is 0 Å². The van der Waals surface area contributed by atoms with Crippen LogP contribution in [0.1, 0.15) is 29.6 Å². The number of amides is 1. The molecule has 1 spiro atoms. The Morgan fingerprint density at radius 2 is 2.00 bits per heavy atom. The molecule has 2 aliphatic heterocycles. The van der Waals surface area contributed by atoms with Crippen molar-refractivity contribution in [3.63, 3.8) is 0 Å². The summed E-state index contributed by atoms with van der Waals surface area (Å²) in [7, 11) is 0. The molecule has 3 rings (SSSR count). The predicted octanol–water partition coefficient (Wildman–Crippen LogP) is 4.86. The number of halogens is 2. The lowest BCUT2D eigenvalue weighted by atomic mass is 10.2. The van der Waals surface area contributed by atoms with Crippen molar-refractivity contribution in [2.45, 2.75) is 23.3 Å². The number of hydrogen-bond donors (Lipinski definition) is 0. The van der Waals surface area contributed by atoms with Gasteiger partial charge in [0.2, 0.25) is 0 Å². The molecule has 2 aliphatic rings. The van der Waals surface area contributed by atoms with E-state index in [9.17, 15) is 4.79 Å². The van der Waals surface area contributed by atoms with Gasteiger partial charge in [-0.05, 0) is 69.9 Å². The van der Waals surface area contributed by atoms with E-state index in [0.717, 1.165) is 39.5 Å². The molecular weight excluding hydrogens is 481 g/mol. The summed E-state index contributed by atoms with van der Waals surface area (Å²) in [6, 6.07) is 5.90. The largest absolute Gasteiger partial charge is 0.339 e. The molecule has 0 atom stereocenters. The Bertz CT molecular complexity index is 548. The number of likely N-dealkylation sites (tertiary alicyclic amines) is 1. The maximum atomic E-state index is 12.8. The van der Waals surface area contributed by atoms with Gasteiger partial charge < -0.3 is 4.90 Å². The molecule has 114 valence electrons. The summed E-state index contributed by atoms with van der Waals surface area (Å²) < 4.78 is 2.41. The van der Waals surface area contributed by atoms with E-state index in [4.69, 9.17) is 0 Å². The first kappa shape index (κ1) is 16.5. The molecule has 1 aromatic carbocycles. The van der Waals surface area contributed by atoms with Crippen LogP contribution in [-0.2, 0) is 0 Å². The first-order chi connectivity index (χ1) is 10.1. The van der Waals surface area contributed by atoms with Crippen molar-refractivity contribution in [1.82, 2.24) is 4.90 Å². The first-order valence-corrected chi connectivity index (χ1v) is 11.0. The monoisotopic (exact) mass is 497 g/mol. The lowest BCUT2D eigenvalue weighted by molar-refractivity contribution is 0.0760. The fourth-order valence-corrected chi connectivity index (χ4v) is 7.13. The molecule has 0 bridgehead atoms.